The van der Waals surface area contributed by atoms with Crippen molar-refractivity contribution in [2.75, 3.05) is 0 Å². The third-order valence-electron chi connectivity index (χ3n) is 3.83. The van der Waals surface area contributed by atoms with Gasteiger partial charge >= 0.3 is 0 Å². The summed E-state index contributed by atoms with van der Waals surface area (Å²) in [7, 11) is 0. The van der Waals surface area contributed by atoms with Gasteiger partial charge in [0.2, 0.25) is 0 Å². The smallest absolute Gasteiger partial charge is 0.266 e. The van der Waals surface area contributed by atoms with E-state index in [0.29, 0.717) is 33.2 Å². The first-order chi connectivity index (χ1) is 12.2. The molecule has 4 nitrogen and oxygen atoms in total. The quantitative estimate of drug-likeness (QED) is 0.534. The third kappa shape index (κ3) is 2.88. The van der Waals surface area contributed by atoms with Crippen molar-refractivity contribution >= 4 is 34.7 Å². The van der Waals surface area contributed by atoms with Crippen LogP contribution in [-0.2, 0) is 0 Å². The topological polar surface area (TPSA) is 48.0 Å². The zero-order valence-electron chi connectivity index (χ0n) is 13.1. The van der Waals surface area contributed by atoms with E-state index in [1.807, 2.05) is 36.4 Å². The van der Waals surface area contributed by atoms with E-state index >= 15 is 0 Å². The minimum Gasteiger partial charge on any atom is -0.465 e. The molecule has 2 heterocycles. The van der Waals surface area contributed by atoms with E-state index in [0.717, 1.165) is 0 Å². The number of hydrogen-bond donors (Lipinski definition) is 0. The molecule has 0 spiro atoms. The number of halogens is 1. The van der Waals surface area contributed by atoms with Gasteiger partial charge in [-0.2, -0.15) is 0 Å². The summed E-state index contributed by atoms with van der Waals surface area (Å²) < 4.78 is 6.83. The van der Waals surface area contributed by atoms with E-state index in [1.54, 1.807) is 42.7 Å². The van der Waals surface area contributed by atoms with Crippen molar-refractivity contribution in [3.63, 3.8) is 0 Å². The molecule has 0 aliphatic heterocycles. The highest BCUT2D eigenvalue weighted by atomic mass is 35.5. The molecule has 0 amide bonds. The number of para-hydroxylation sites is 2. The molecule has 0 atom stereocenters. The summed E-state index contributed by atoms with van der Waals surface area (Å²) in [4.78, 5) is 17.7. The average Bonchev–Trinajstić information content (AvgIpc) is 3.15. The number of aromatic nitrogens is 2. The van der Waals surface area contributed by atoms with Crippen LogP contribution in [0.3, 0.4) is 0 Å². The lowest BCUT2D eigenvalue weighted by molar-refractivity contribution is 0.557. The minimum atomic E-state index is -0.169. The lowest BCUT2D eigenvalue weighted by Gasteiger charge is -2.12. The van der Waals surface area contributed by atoms with Gasteiger partial charge in [0.25, 0.3) is 5.56 Å². The number of fused-ring (bicyclic) bond motifs is 1. The van der Waals surface area contributed by atoms with Crippen LogP contribution in [0, 0.1) is 0 Å². The van der Waals surface area contributed by atoms with Gasteiger partial charge in [-0.05, 0) is 48.6 Å². The van der Waals surface area contributed by atoms with Gasteiger partial charge in [-0.1, -0.05) is 35.9 Å². The Morgan fingerprint density at radius 2 is 1.76 bits per heavy atom. The Kier molecular flexibility index (Phi) is 3.96. The lowest BCUT2D eigenvalue weighted by Crippen LogP contribution is -2.22. The molecular weight excluding hydrogens is 336 g/mol. The standard InChI is InChI=1S/C20H13ClN2O2/c21-16-8-2-4-10-18(16)23-19(12-11-14-6-5-13-25-14)22-17-9-3-1-7-15(17)20(23)24/h1-13H/b12-11+. The molecule has 122 valence electrons. The molecule has 4 aromatic rings. The molecule has 0 saturated heterocycles. The van der Waals surface area contributed by atoms with Crippen molar-refractivity contribution in [3.8, 4) is 5.69 Å². The van der Waals surface area contributed by atoms with E-state index in [-0.39, 0.29) is 5.56 Å². The molecule has 25 heavy (non-hydrogen) atoms. The van der Waals surface area contributed by atoms with Crippen LogP contribution in [0.5, 0.6) is 0 Å². The van der Waals surface area contributed by atoms with Gasteiger partial charge in [0, 0.05) is 0 Å². The zero-order valence-corrected chi connectivity index (χ0v) is 13.9. The summed E-state index contributed by atoms with van der Waals surface area (Å²) in [6.45, 7) is 0. The molecule has 0 unspecified atom stereocenters. The Hall–Kier alpha value is -3.11. The molecule has 0 bridgehead atoms. The van der Waals surface area contributed by atoms with Gasteiger partial charge in [0.05, 0.1) is 27.9 Å². The van der Waals surface area contributed by atoms with Gasteiger partial charge < -0.3 is 4.42 Å². The highest BCUT2D eigenvalue weighted by molar-refractivity contribution is 6.32. The maximum atomic E-state index is 13.1. The first kappa shape index (κ1) is 15.4. The predicted octanol–water partition coefficient (Wildman–Crippen LogP) is 4.80. The summed E-state index contributed by atoms with van der Waals surface area (Å²) in [6.07, 6.45) is 5.11. The predicted molar refractivity (Wildman–Crippen MR) is 100.0 cm³/mol. The summed E-state index contributed by atoms with van der Waals surface area (Å²) in [5.41, 5.74) is 1.05. The average molecular weight is 349 g/mol. The van der Waals surface area contributed by atoms with Crippen LogP contribution in [0.4, 0.5) is 0 Å². The SMILES string of the molecule is O=c1c2ccccc2nc(/C=C/c2ccco2)n1-c1ccccc1Cl. The molecule has 0 N–H and O–H groups in total. The van der Waals surface area contributed by atoms with Crippen LogP contribution < -0.4 is 5.56 Å². The molecule has 0 fully saturated rings. The van der Waals surface area contributed by atoms with Gasteiger partial charge in [-0.25, -0.2) is 4.98 Å². The van der Waals surface area contributed by atoms with E-state index in [4.69, 9.17) is 16.0 Å². The molecule has 2 aromatic heterocycles. The molecule has 0 saturated carbocycles. The van der Waals surface area contributed by atoms with Gasteiger partial charge in [-0.15, -0.1) is 0 Å². The van der Waals surface area contributed by atoms with Crippen LogP contribution in [0.2, 0.25) is 5.02 Å². The second kappa shape index (κ2) is 6.42. The van der Waals surface area contributed by atoms with Crippen molar-refractivity contribution in [2.45, 2.75) is 0 Å². The minimum absolute atomic E-state index is 0.169. The fraction of sp³-hybridized carbons (Fsp3) is 0. The summed E-state index contributed by atoms with van der Waals surface area (Å²) >= 11 is 6.32. The summed E-state index contributed by atoms with van der Waals surface area (Å²) in [5, 5.41) is 1.02. The summed E-state index contributed by atoms with van der Waals surface area (Å²) in [6, 6.07) is 18.1. The van der Waals surface area contributed by atoms with E-state index in [9.17, 15) is 4.79 Å². The molecular formula is C20H13ClN2O2. The van der Waals surface area contributed by atoms with Gasteiger partial charge in [0.15, 0.2) is 0 Å². The first-order valence-corrected chi connectivity index (χ1v) is 8.10. The molecule has 2 aromatic carbocycles. The largest absolute Gasteiger partial charge is 0.465 e. The first-order valence-electron chi connectivity index (χ1n) is 7.72. The Labute approximate surface area is 148 Å². The number of nitrogens with zero attached hydrogens (tertiary/aromatic N) is 2. The van der Waals surface area contributed by atoms with E-state index < -0.39 is 0 Å². The molecule has 5 heteroatoms. The molecule has 0 aliphatic rings. The second-order valence-corrected chi connectivity index (χ2v) is 5.84. The molecule has 0 radical (unpaired) electrons. The Morgan fingerprint density at radius 1 is 0.960 bits per heavy atom. The summed E-state index contributed by atoms with van der Waals surface area (Å²) in [5.74, 6) is 1.15. The van der Waals surface area contributed by atoms with Crippen LogP contribution in [0.1, 0.15) is 11.6 Å². The molecule has 0 aliphatic carbocycles. The number of rotatable bonds is 3. The molecule has 4 rings (SSSR count). The van der Waals surface area contributed by atoms with Crippen molar-refractivity contribution in [3.05, 3.63) is 93.9 Å². The van der Waals surface area contributed by atoms with Crippen LogP contribution in [-0.4, -0.2) is 9.55 Å². The van der Waals surface area contributed by atoms with Crippen molar-refractivity contribution in [1.82, 2.24) is 9.55 Å². The third-order valence-corrected chi connectivity index (χ3v) is 4.15. The van der Waals surface area contributed by atoms with Crippen LogP contribution in [0.25, 0.3) is 28.7 Å². The monoisotopic (exact) mass is 348 g/mol. The second-order valence-electron chi connectivity index (χ2n) is 5.43. The van der Waals surface area contributed by atoms with Crippen molar-refractivity contribution in [1.29, 1.82) is 0 Å². The Bertz CT molecular complexity index is 1130. The highest BCUT2D eigenvalue weighted by Crippen LogP contribution is 2.21. The van der Waals surface area contributed by atoms with Gasteiger partial charge in [0.1, 0.15) is 11.6 Å². The Balaban J connectivity index is 2.01. The van der Waals surface area contributed by atoms with Crippen LogP contribution >= 0.6 is 11.6 Å². The fourth-order valence-electron chi connectivity index (χ4n) is 2.67. The van der Waals surface area contributed by atoms with E-state index in [2.05, 4.69) is 4.98 Å². The van der Waals surface area contributed by atoms with Gasteiger partial charge in [-0.3, -0.25) is 9.36 Å². The van der Waals surface area contributed by atoms with E-state index in [1.165, 1.54) is 4.57 Å². The van der Waals surface area contributed by atoms with Crippen molar-refractivity contribution in [2.24, 2.45) is 0 Å². The Morgan fingerprint density at radius 3 is 2.56 bits per heavy atom. The normalized spacial score (nSPS) is 11.4. The van der Waals surface area contributed by atoms with Crippen LogP contribution in [0.15, 0.2) is 76.1 Å². The maximum Gasteiger partial charge on any atom is 0.266 e. The lowest BCUT2D eigenvalue weighted by atomic mass is 10.2. The zero-order chi connectivity index (χ0) is 17.2. The van der Waals surface area contributed by atoms with Crippen molar-refractivity contribution < 1.29 is 4.42 Å². The maximum absolute atomic E-state index is 13.1. The fourth-order valence-corrected chi connectivity index (χ4v) is 2.89. The number of benzene rings is 2. The number of hydrogen-bond acceptors (Lipinski definition) is 3. The highest BCUT2D eigenvalue weighted by Gasteiger charge is 2.13. The number of furan rings is 1.